The fraction of sp³-hybridized carbons (Fsp3) is 0.909. The van der Waals surface area contributed by atoms with Crippen LogP contribution in [0.15, 0.2) is 0 Å². The zero-order valence-electron chi connectivity index (χ0n) is 9.68. The van der Waals surface area contributed by atoms with E-state index in [4.69, 9.17) is 4.74 Å². The van der Waals surface area contributed by atoms with Gasteiger partial charge >= 0.3 is 0 Å². The molecule has 0 aliphatic carbocycles. The summed E-state index contributed by atoms with van der Waals surface area (Å²) >= 11 is 0. The molecular formula is C11H22O2. The smallest absolute Gasteiger partial charge is 0.143 e. The standard InChI is InChI=1S/C11H22O2/c1-8(2)10(12)11(5,6)7-13-9(3)4/h8-9H,7H2,1-6H3. The van der Waals surface area contributed by atoms with E-state index in [1.807, 2.05) is 41.5 Å². The SMILES string of the molecule is CC(C)OCC(C)(C)C(=O)C(C)C. The van der Waals surface area contributed by atoms with E-state index in [1.54, 1.807) is 0 Å². The summed E-state index contributed by atoms with van der Waals surface area (Å²) < 4.78 is 5.46. The normalized spacial score (nSPS) is 12.6. The highest BCUT2D eigenvalue weighted by Gasteiger charge is 2.29. The van der Waals surface area contributed by atoms with Crippen LogP contribution in [0.1, 0.15) is 41.5 Å². The Balaban J connectivity index is 4.14. The number of hydrogen-bond acceptors (Lipinski definition) is 2. The van der Waals surface area contributed by atoms with Gasteiger partial charge in [-0.15, -0.1) is 0 Å². The molecule has 0 bridgehead atoms. The average Bonchev–Trinajstić information content (AvgIpc) is 1.99. The van der Waals surface area contributed by atoms with Gasteiger partial charge in [-0.1, -0.05) is 27.7 Å². The van der Waals surface area contributed by atoms with Crippen molar-refractivity contribution < 1.29 is 9.53 Å². The quantitative estimate of drug-likeness (QED) is 0.660. The fourth-order valence-corrected chi connectivity index (χ4v) is 1.23. The Morgan fingerprint density at radius 1 is 1.23 bits per heavy atom. The summed E-state index contributed by atoms with van der Waals surface area (Å²) in [6.07, 6.45) is 0.194. The highest BCUT2D eigenvalue weighted by molar-refractivity contribution is 5.85. The molecule has 0 amide bonds. The van der Waals surface area contributed by atoms with Crippen LogP contribution < -0.4 is 0 Å². The Morgan fingerprint density at radius 3 is 2.00 bits per heavy atom. The third kappa shape index (κ3) is 4.41. The molecule has 0 saturated heterocycles. The monoisotopic (exact) mass is 186 g/mol. The summed E-state index contributed by atoms with van der Waals surface area (Å²) in [7, 11) is 0. The van der Waals surface area contributed by atoms with Gasteiger partial charge in [-0.05, 0) is 13.8 Å². The van der Waals surface area contributed by atoms with Crippen LogP contribution in [0.5, 0.6) is 0 Å². The van der Waals surface area contributed by atoms with Gasteiger partial charge in [0.1, 0.15) is 5.78 Å². The Morgan fingerprint density at radius 2 is 1.69 bits per heavy atom. The second kappa shape index (κ2) is 4.75. The van der Waals surface area contributed by atoms with Gasteiger partial charge in [0.05, 0.1) is 12.7 Å². The van der Waals surface area contributed by atoms with E-state index in [-0.39, 0.29) is 23.2 Å². The van der Waals surface area contributed by atoms with Crippen molar-refractivity contribution in [1.82, 2.24) is 0 Å². The van der Waals surface area contributed by atoms with Crippen molar-refractivity contribution >= 4 is 5.78 Å². The first-order valence-electron chi connectivity index (χ1n) is 4.93. The number of ketones is 1. The molecule has 13 heavy (non-hydrogen) atoms. The zero-order valence-corrected chi connectivity index (χ0v) is 9.68. The maximum absolute atomic E-state index is 11.7. The van der Waals surface area contributed by atoms with Crippen molar-refractivity contribution in [2.45, 2.75) is 47.6 Å². The molecule has 78 valence electrons. The second-order valence-corrected chi connectivity index (χ2v) is 4.76. The van der Waals surface area contributed by atoms with Crippen molar-refractivity contribution in [2.24, 2.45) is 11.3 Å². The molecular weight excluding hydrogens is 164 g/mol. The number of ether oxygens (including phenoxy) is 1. The molecule has 0 aromatic carbocycles. The molecule has 0 rings (SSSR count). The van der Waals surface area contributed by atoms with E-state index in [1.165, 1.54) is 0 Å². The molecule has 2 heteroatoms. The molecule has 0 N–H and O–H groups in total. The van der Waals surface area contributed by atoms with Crippen LogP contribution in [0.25, 0.3) is 0 Å². The van der Waals surface area contributed by atoms with Gasteiger partial charge < -0.3 is 4.74 Å². The van der Waals surface area contributed by atoms with Gasteiger partial charge in [0, 0.05) is 11.3 Å². The van der Waals surface area contributed by atoms with Crippen molar-refractivity contribution in [3.63, 3.8) is 0 Å². The van der Waals surface area contributed by atoms with Gasteiger partial charge in [0.2, 0.25) is 0 Å². The van der Waals surface area contributed by atoms with Crippen LogP contribution in [0.3, 0.4) is 0 Å². The molecule has 0 saturated carbocycles. The van der Waals surface area contributed by atoms with E-state index in [0.29, 0.717) is 6.61 Å². The first-order valence-corrected chi connectivity index (χ1v) is 4.93. The first kappa shape index (κ1) is 12.6. The van der Waals surface area contributed by atoms with Crippen molar-refractivity contribution in [2.75, 3.05) is 6.61 Å². The van der Waals surface area contributed by atoms with E-state index < -0.39 is 0 Å². The van der Waals surface area contributed by atoms with Crippen LogP contribution >= 0.6 is 0 Å². The molecule has 0 aromatic heterocycles. The van der Waals surface area contributed by atoms with Crippen molar-refractivity contribution in [1.29, 1.82) is 0 Å². The van der Waals surface area contributed by atoms with Crippen molar-refractivity contribution in [3.05, 3.63) is 0 Å². The number of carbonyl (C=O) groups excluding carboxylic acids is 1. The van der Waals surface area contributed by atoms with E-state index in [9.17, 15) is 4.79 Å². The maximum atomic E-state index is 11.7. The summed E-state index contributed by atoms with van der Waals surface area (Å²) in [6.45, 7) is 12.2. The molecule has 0 fully saturated rings. The third-order valence-electron chi connectivity index (χ3n) is 1.97. The lowest BCUT2D eigenvalue weighted by molar-refractivity contribution is -0.134. The molecule has 0 radical (unpaired) electrons. The Bertz CT molecular complexity index is 169. The Hall–Kier alpha value is -0.370. The summed E-state index contributed by atoms with van der Waals surface area (Å²) in [4.78, 5) is 11.7. The minimum Gasteiger partial charge on any atom is -0.378 e. The lowest BCUT2D eigenvalue weighted by atomic mass is 9.83. The Labute approximate surface area is 81.7 Å². The number of hydrogen-bond donors (Lipinski definition) is 0. The predicted molar refractivity (Wildman–Crippen MR) is 54.7 cm³/mol. The van der Waals surface area contributed by atoms with Crippen LogP contribution in [0.2, 0.25) is 0 Å². The molecule has 0 atom stereocenters. The second-order valence-electron chi connectivity index (χ2n) is 4.76. The maximum Gasteiger partial charge on any atom is 0.143 e. The van der Waals surface area contributed by atoms with E-state index in [2.05, 4.69) is 0 Å². The van der Waals surface area contributed by atoms with Crippen molar-refractivity contribution in [3.8, 4) is 0 Å². The number of Topliss-reactive ketones (excluding diaryl/α,β-unsaturated/α-hetero) is 1. The topological polar surface area (TPSA) is 26.3 Å². The molecule has 2 nitrogen and oxygen atoms in total. The lowest BCUT2D eigenvalue weighted by Crippen LogP contribution is -2.33. The molecule has 0 aliphatic heterocycles. The number of carbonyl (C=O) groups is 1. The summed E-state index contributed by atoms with van der Waals surface area (Å²) in [5, 5.41) is 0. The summed E-state index contributed by atoms with van der Waals surface area (Å²) in [5.41, 5.74) is -0.349. The highest BCUT2D eigenvalue weighted by atomic mass is 16.5. The first-order chi connectivity index (χ1) is 5.77. The highest BCUT2D eigenvalue weighted by Crippen LogP contribution is 2.22. The van der Waals surface area contributed by atoms with Crippen LogP contribution in [-0.4, -0.2) is 18.5 Å². The molecule has 0 aliphatic rings. The van der Waals surface area contributed by atoms with Gasteiger partial charge in [-0.25, -0.2) is 0 Å². The molecule has 0 spiro atoms. The third-order valence-corrected chi connectivity index (χ3v) is 1.97. The molecule has 0 heterocycles. The van der Waals surface area contributed by atoms with Crippen LogP contribution in [0.4, 0.5) is 0 Å². The summed E-state index contributed by atoms with van der Waals surface area (Å²) in [6, 6.07) is 0. The van der Waals surface area contributed by atoms with E-state index >= 15 is 0 Å². The molecule has 0 aromatic rings. The van der Waals surface area contributed by atoms with Crippen LogP contribution in [-0.2, 0) is 9.53 Å². The van der Waals surface area contributed by atoms with Gasteiger partial charge in [0.15, 0.2) is 0 Å². The Kier molecular flexibility index (Phi) is 4.62. The molecule has 0 unspecified atom stereocenters. The van der Waals surface area contributed by atoms with Crippen LogP contribution in [0, 0.1) is 11.3 Å². The van der Waals surface area contributed by atoms with Gasteiger partial charge in [0.25, 0.3) is 0 Å². The minimum atomic E-state index is -0.349. The zero-order chi connectivity index (χ0) is 10.6. The van der Waals surface area contributed by atoms with E-state index in [0.717, 1.165) is 0 Å². The fourth-order valence-electron chi connectivity index (χ4n) is 1.23. The average molecular weight is 186 g/mol. The minimum absolute atomic E-state index is 0.0887. The predicted octanol–water partition coefficient (Wildman–Crippen LogP) is 2.66. The number of rotatable bonds is 5. The van der Waals surface area contributed by atoms with Gasteiger partial charge in [-0.2, -0.15) is 0 Å². The summed E-state index contributed by atoms with van der Waals surface area (Å²) in [5.74, 6) is 0.360. The largest absolute Gasteiger partial charge is 0.378 e. The van der Waals surface area contributed by atoms with Gasteiger partial charge in [-0.3, -0.25) is 4.79 Å². The lowest BCUT2D eigenvalue weighted by Gasteiger charge is -2.25.